The average Bonchev–Trinajstić information content (AvgIpc) is 3.44. The van der Waals surface area contributed by atoms with Gasteiger partial charge in [0.15, 0.2) is 0 Å². The van der Waals surface area contributed by atoms with Gasteiger partial charge in [-0.15, -0.1) is 0 Å². The van der Waals surface area contributed by atoms with Gasteiger partial charge in [-0.2, -0.15) is 4.39 Å². The Balaban J connectivity index is 0.748. The number of pyridine rings is 1. The number of hydrogen-bond acceptors (Lipinski definition) is 9. The van der Waals surface area contributed by atoms with Gasteiger partial charge in [0.05, 0.1) is 0 Å². The van der Waals surface area contributed by atoms with Gasteiger partial charge < -0.3 is 24.9 Å². The summed E-state index contributed by atoms with van der Waals surface area (Å²) in [4.78, 5) is 77.2. The number of amides is 5. The van der Waals surface area contributed by atoms with Crippen molar-refractivity contribution in [3.8, 4) is 11.8 Å². The van der Waals surface area contributed by atoms with Gasteiger partial charge in [0.2, 0.25) is 23.7 Å². The molecule has 3 aromatic rings. The molecule has 1 atom stereocenters. The average molecular weight is 845 g/mol. The fraction of sp³-hybridized carbons (Fsp3) is 0.458. The van der Waals surface area contributed by atoms with Crippen LogP contribution >= 0.6 is 0 Å². The zero-order valence-electron chi connectivity index (χ0n) is 35.5. The lowest BCUT2D eigenvalue weighted by atomic mass is 10.0. The highest BCUT2D eigenvalue weighted by molar-refractivity contribution is 6.05. The number of carbonyl (C=O) groups is 5. The van der Waals surface area contributed by atoms with Crippen LogP contribution in [0.3, 0.4) is 0 Å². The molecule has 4 aliphatic rings. The fourth-order valence-electron chi connectivity index (χ4n) is 8.60. The van der Waals surface area contributed by atoms with Gasteiger partial charge in [-0.3, -0.25) is 34.2 Å². The number of aromatic nitrogens is 1. The first-order valence-electron chi connectivity index (χ1n) is 22.1. The van der Waals surface area contributed by atoms with Gasteiger partial charge in [0.1, 0.15) is 6.04 Å². The number of nitrogens with zero attached hydrogens (tertiary/aromatic N) is 6. The third kappa shape index (κ3) is 11.9. The van der Waals surface area contributed by atoms with Crippen molar-refractivity contribution in [3.05, 3.63) is 101 Å². The Morgan fingerprint density at radius 2 is 1.63 bits per heavy atom. The lowest BCUT2D eigenvalue weighted by Crippen LogP contribution is -2.52. The number of carbonyl (C=O) groups excluding carboxylic acids is 5. The van der Waals surface area contributed by atoms with Crippen LogP contribution in [0, 0.1) is 17.8 Å². The van der Waals surface area contributed by atoms with Crippen LogP contribution in [-0.4, -0.2) is 132 Å². The predicted molar refractivity (Wildman–Crippen MR) is 235 cm³/mol. The van der Waals surface area contributed by atoms with E-state index in [9.17, 15) is 28.4 Å². The molecule has 5 heterocycles. The summed E-state index contributed by atoms with van der Waals surface area (Å²) < 4.78 is 13.0. The monoisotopic (exact) mass is 844 g/mol. The predicted octanol–water partition coefficient (Wildman–Crippen LogP) is 4.47. The maximum absolute atomic E-state index is 13.5. The van der Waals surface area contributed by atoms with E-state index in [-0.39, 0.29) is 30.0 Å². The summed E-state index contributed by atoms with van der Waals surface area (Å²) in [5.41, 5.74) is 4.82. The van der Waals surface area contributed by atoms with Crippen molar-refractivity contribution in [1.82, 2.24) is 35.2 Å². The molecule has 62 heavy (non-hydrogen) atoms. The van der Waals surface area contributed by atoms with Crippen LogP contribution in [-0.2, 0) is 20.9 Å². The molecule has 0 radical (unpaired) electrons. The van der Waals surface area contributed by atoms with Crippen molar-refractivity contribution < 1.29 is 28.4 Å². The summed E-state index contributed by atoms with van der Waals surface area (Å²) in [6, 6.07) is 15.9. The van der Waals surface area contributed by atoms with Crippen LogP contribution in [0.5, 0.6) is 0 Å². The molecular weight excluding hydrogens is 788 g/mol. The number of unbranched alkanes of at least 4 members (excludes halogenated alkanes) is 4. The molecule has 1 aromatic heterocycles. The number of halogens is 1. The lowest BCUT2D eigenvalue weighted by Gasteiger charge is -2.36. The maximum atomic E-state index is 13.5. The second-order valence-electron chi connectivity index (χ2n) is 16.5. The minimum absolute atomic E-state index is 0.0832. The van der Waals surface area contributed by atoms with Crippen molar-refractivity contribution in [1.29, 1.82) is 0 Å². The Labute approximate surface area is 363 Å². The van der Waals surface area contributed by atoms with Crippen LogP contribution in [0.15, 0.2) is 66.9 Å². The van der Waals surface area contributed by atoms with Crippen molar-refractivity contribution in [3.63, 3.8) is 0 Å². The molecular formula is C48H57FN8O5. The lowest BCUT2D eigenvalue weighted by molar-refractivity contribution is -0.137. The molecule has 0 bridgehead atoms. The topological polar surface area (TPSA) is 138 Å². The van der Waals surface area contributed by atoms with E-state index < -0.39 is 17.9 Å². The second kappa shape index (κ2) is 21.7. The normalized spacial score (nSPS) is 18.6. The summed E-state index contributed by atoms with van der Waals surface area (Å²) in [5, 5.41) is 5.25. The van der Waals surface area contributed by atoms with Crippen LogP contribution in [0.2, 0.25) is 0 Å². The molecule has 13 nitrogen and oxygen atoms in total. The number of nitrogens with one attached hydrogen (secondary N) is 2. The van der Waals surface area contributed by atoms with E-state index in [1.54, 1.807) is 23.1 Å². The molecule has 7 rings (SSSR count). The number of benzene rings is 2. The van der Waals surface area contributed by atoms with E-state index in [2.05, 4.69) is 54.3 Å². The maximum Gasteiger partial charge on any atom is 0.255 e. The molecule has 0 spiro atoms. The van der Waals surface area contributed by atoms with E-state index in [0.29, 0.717) is 37.2 Å². The highest BCUT2D eigenvalue weighted by Crippen LogP contribution is 2.29. The molecule has 0 aliphatic carbocycles. The standard InChI is InChI=1S/C48H57FN8O5/c49-43-20-13-36(34-51-43)14-21-44(58)50-23-5-7-25-53-26-9-27-56(33-30-53)47(61)38-15-17-39(18-16-38)55-31-28-54(29-32-55)24-6-3-1-2-4-10-37-11-8-12-40-41(37)35-57(48(40)62)42-19-22-45(59)52-46(42)60/h8,11-18,20-21,34,42H,1-3,5-7,9,19,22-33,35H2,(H,50,58)(H,52,59,60)/b21-14+. The third-order valence-electron chi connectivity index (χ3n) is 12.2. The first-order valence-corrected chi connectivity index (χ1v) is 22.1. The molecule has 3 fully saturated rings. The summed E-state index contributed by atoms with van der Waals surface area (Å²) in [7, 11) is 0. The first kappa shape index (κ1) is 44.2. The number of piperidine rings is 1. The third-order valence-corrected chi connectivity index (χ3v) is 12.2. The van der Waals surface area contributed by atoms with Crippen LogP contribution in [0.4, 0.5) is 10.1 Å². The zero-order chi connectivity index (χ0) is 43.3. The molecule has 4 aliphatic heterocycles. The van der Waals surface area contributed by atoms with E-state index in [1.807, 2.05) is 29.2 Å². The minimum atomic E-state index is -0.630. The SMILES string of the molecule is O=C(/C=C/c1ccc(F)nc1)NCCCCN1CCCN(C(=O)c2ccc(N3CCN(CCCCCC#Cc4cccc5c4CN(C4CCC(=O)NC4=O)C5=O)CC3)cc2)CC1. The molecule has 1 unspecified atom stereocenters. The van der Waals surface area contributed by atoms with E-state index >= 15 is 0 Å². The number of hydrogen-bond donors (Lipinski definition) is 2. The van der Waals surface area contributed by atoms with Gasteiger partial charge in [-0.25, -0.2) is 4.98 Å². The highest BCUT2D eigenvalue weighted by Gasteiger charge is 2.39. The van der Waals surface area contributed by atoms with Crippen LogP contribution < -0.4 is 15.5 Å². The van der Waals surface area contributed by atoms with Crippen molar-refractivity contribution in [2.45, 2.75) is 70.4 Å². The number of fused-ring (bicyclic) bond motifs is 1. The summed E-state index contributed by atoms with van der Waals surface area (Å²) in [6.45, 7) is 10.0. The molecule has 0 saturated carbocycles. The summed E-state index contributed by atoms with van der Waals surface area (Å²) in [6.07, 6.45) is 11.7. The Hall–Kier alpha value is -5.91. The van der Waals surface area contributed by atoms with E-state index in [4.69, 9.17) is 0 Å². The summed E-state index contributed by atoms with van der Waals surface area (Å²) in [5.74, 6) is 5.05. The molecule has 14 heteroatoms. The largest absolute Gasteiger partial charge is 0.369 e. The Bertz CT molecular complexity index is 2160. The number of piperazine rings is 1. The summed E-state index contributed by atoms with van der Waals surface area (Å²) >= 11 is 0. The van der Waals surface area contributed by atoms with E-state index in [0.717, 1.165) is 126 Å². The van der Waals surface area contributed by atoms with Crippen LogP contribution in [0.1, 0.15) is 95.2 Å². The Kier molecular flexibility index (Phi) is 15.5. The van der Waals surface area contributed by atoms with Crippen molar-refractivity contribution in [2.24, 2.45) is 0 Å². The van der Waals surface area contributed by atoms with Crippen LogP contribution in [0.25, 0.3) is 6.08 Å². The van der Waals surface area contributed by atoms with Gasteiger partial charge in [0.25, 0.3) is 11.8 Å². The Morgan fingerprint density at radius 3 is 2.40 bits per heavy atom. The molecule has 2 aromatic carbocycles. The molecule has 326 valence electrons. The zero-order valence-corrected chi connectivity index (χ0v) is 35.5. The smallest absolute Gasteiger partial charge is 0.255 e. The minimum Gasteiger partial charge on any atom is -0.369 e. The van der Waals surface area contributed by atoms with Crippen molar-refractivity contribution in [2.75, 3.05) is 76.9 Å². The van der Waals surface area contributed by atoms with Crippen molar-refractivity contribution >= 4 is 41.3 Å². The fourth-order valence-corrected chi connectivity index (χ4v) is 8.60. The molecule has 5 amide bonds. The van der Waals surface area contributed by atoms with Gasteiger partial charge >= 0.3 is 0 Å². The first-order chi connectivity index (χ1) is 30.2. The number of imide groups is 1. The molecule has 3 saturated heterocycles. The van der Waals surface area contributed by atoms with E-state index in [1.165, 1.54) is 18.3 Å². The highest BCUT2D eigenvalue weighted by atomic mass is 19.1. The van der Waals surface area contributed by atoms with Gasteiger partial charge in [-0.05, 0) is 124 Å². The second-order valence-corrected chi connectivity index (χ2v) is 16.5. The number of anilines is 1. The number of rotatable bonds is 15. The van der Waals surface area contributed by atoms with Gasteiger partial charge in [0, 0.05) is 106 Å². The van der Waals surface area contributed by atoms with Gasteiger partial charge in [-0.1, -0.05) is 24.3 Å². The quantitative estimate of drug-likeness (QED) is 0.0747. The molecule has 2 N–H and O–H groups in total. The Morgan fingerprint density at radius 1 is 0.855 bits per heavy atom.